The normalized spacial score (nSPS) is 10.9. The van der Waals surface area contributed by atoms with Gasteiger partial charge in [-0.25, -0.2) is 0 Å². The fourth-order valence-corrected chi connectivity index (χ4v) is 3.87. The second kappa shape index (κ2) is 9.26. The molecule has 0 aliphatic heterocycles. The van der Waals surface area contributed by atoms with E-state index in [1.807, 2.05) is 12.1 Å². The number of rotatable bonds is 7. The average Bonchev–Trinajstić information content (AvgIpc) is 3.45. The maximum Gasteiger partial charge on any atom is 0.293 e. The van der Waals surface area contributed by atoms with Crippen LogP contribution < -0.4 is 20.1 Å². The molecule has 2 aromatic heterocycles. The van der Waals surface area contributed by atoms with Crippen molar-refractivity contribution in [2.24, 2.45) is 0 Å². The van der Waals surface area contributed by atoms with Crippen molar-refractivity contribution in [2.45, 2.75) is 6.42 Å². The van der Waals surface area contributed by atoms with Crippen LogP contribution in [0, 0.1) is 0 Å². The van der Waals surface area contributed by atoms with Gasteiger partial charge >= 0.3 is 0 Å². The molecular formula is C27H22N2O6. The number of methoxy groups -OCH3 is 2. The lowest BCUT2D eigenvalue weighted by Gasteiger charge is -2.08. The van der Waals surface area contributed by atoms with E-state index in [2.05, 4.69) is 10.6 Å². The van der Waals surface area contributed by atoms with Gasteiger partial charge in [0, 0.05) is 22.0 Å². The highest BCUT2D eigenvalue weighted by Crippen LogP contribution is 2.32. The molecule has 2 heterocycles. The number of furan rings is 2. The summed E-state index contributed by atoms with van der Waals surface area (Å²) in [5, 5.41) is 7.07. The minimum absolute atomic E-state index is 0.00842. The third-order valence-electron chi connectivity index (χ3n) is 5.63. The Morgan fingerprint density at radius 1 is 0.829 bits per heavy atom. The second-order valence-corrected chi connectivity index (χ2v) is 7.83. The zero-order chi connectivity index (χ0) is 24.4. The zero-order valence-corrected chi connectivity index (χ0v) is 19.1. The van der Waals surface area contributed by atoms with Crippen molar-refractivity contribution < 1.29 is 27.9 Å². The van der Waals surface area contributed by atoms with E-state index >= 15 is 0 Å². The summed E-state index contributed by atoms with van der Waals surface area (Å²) < 4.78 is 21.8. The Morgan fingerprint density at radius 3 is 2.34 bits per heavy atom. The van der Waals surface area contributed by atoms with E-state index in [9.17, 15) is 9.59 Å². The molecule has 0 fully saturated rings. The maximum absolute atomic E-state index is 13.1. The third kappa shape index (κ3) is 4.41. The number of amides is 2. The van der Waals surface area contributed by atoms with Gasteiger partial charge in [0.1, 0.15) is 28.4 Å². The minimum Gasteiger partial charge on any atom is -0.497 e. The van der Waals surface area contributed by atoms with Crippen LogP contribution in [-0.4, -0.2) is 26.0 Å². The van der Waals surface area contributed by atoms with E-state index in [1.165, 1.54) is 0 Å². The zero-order valence-electron chi connectivity index (χ0n) is 19.1. The lowest BCUT2D eigenvalue weighted by molar-refractivity contribution is -0.115. The minimum atomic E-state index is -0.486. The topological polar surface area (TPSA) is 103 Å². The standard InChI is InChI=1S/C27H22N2O6/c1-32-18-9-7-17(8-10-18)28-27(31)26-25(20-5-3-4-6-23(20)35-26)29-24(30)13-16-15-34-22-12-11-19(33-2)14-21(16)22/h3-12,14-15H,13H2,1-2H3,(H,28,31)(H,29,30). The number of ether oxygens (including phenoxy) is 2. The maximum atomic E-state index is 13.1. The summed E-state index contributed by atoms with van der Waals surface area (Å²) in [5.74, 6) is 0.540. The van der Waals surface area contributed by atoms with Crippen LogP contribution in [-0.2, 0) is 11.2 Å². The third-order valence-corrected chi connectivity index (χ3v) is 5.63. The average molecular weight is 470 g/mol. The summed E-state index contributed by atoms with van der Waals surface area (Å²) in [6.07, 6.45) is 1.59. The molecule has 2 N–H and O–H groups in total. The predicted molar refractivity (Wildman–Crippen MR) is 132 cm³/mol. The van der Waals surface area contributed by atoms with Crippen LogP contribution in [0.1, 0.15) is 16.1 Å². The fourth-order valence-electron chi connectivity index (χ4n) is 3.87. The highest BCUT2D eigenvalue weighted by atomic mass is 16.5. The van der Waals surface area contributed by atoms with Gasteiger partial charge in [0.05, 0.1) is 26.9 Å². The summed E-state index contributed by atoms with van der Waals surface area (Å²) in [7, 11) is 3.15. The number of fused-ring (bicyclic) bond motifs is 2. The summed E-state index contributed by atoms with van der Waals surface area (Å²) in [5.41, 5.74) is 2.71. The van der Waals surface area contributed by atoms with Crippen LogP contribution in [0.25, 0.3) is 21.9 Å². The molecule has 0 spiro atoms. The number of carbonyl (C=O) groups is 2. The van der Waals surface area contributed by atoms with Crippen molar-refractivity contribution in [3.05, 3.63) is 84.3 Å². The van der Waals surface area contributed by atoms with Crippen molar-refractivity contribution in [1.29, 1.82) is 0 Å². The van der Waals surface area contributed by atoms with Crippen molar-refractivity contribution in [2.75, 3.05) is 24.9 Å². The van der Waals surface area contributed by atoms with Crippen LogP contribution in [0.2, 0.25) is 0 Å². The Balaban J connectivity index is 1.42. The predicted octanol–water partition coefficient (Wildman–Crippen LogP) is 5.63. The van der Waals surface area contributed by atoms with Gasteiger partial charge in [-0.15, -0.1) is 0 Å². The van der Waals surface area contributed by atoms with Crippen LogP contribution in [0.5, 0.6) is 11.5 Å². The lowest BCUT2D eigenvalue weighted by atomic mass is 10.1. The number of carbonyl (C=O) groups excluding carboxylic acids is 2. The first-order valence-corrected chi connectivity index (χ1v) is 10.9. The quantitative estimate of drug-likeness (QED) is 0.320. The Morgan fingerprint density at radius 2 is 1.57 bits per heavy atom. The smallest absolute Gasteiger partial charge is 0.293 e. The monoisotopic (exact) mass is 470 g/mol. The SMILES string of the molecule is COc1ccc(NC(=O)c2oc3ccccc3c2NC(=O)Cc2coc3ccc(OC)cc23)cc1. The van der Waals surface area contributed by atoms with Gasteiger partial charge in [0.15, 0.2) is 0 Å². The Kier molecular flexibility index (Phi) is 5.85. The first kappa shape index (κ1) is 22.1. The van der Waals surface area contributed by atoms with Crippen LogP contribution >= 0.6 is 0 Å². The van der Waals surface area contributed by atoms with Gasteiger partial charge in [-0.3, -0.25) is 9.59 Å². The van der Waals surface area contributed by atoms with E-state index in [0.717, 1.165) is 5.39 Å². The Bertz CT molecular complexity index is 1530. The lowest BCUT2D eigenvalue weighted by Crippen LogP contribution is -2.18. The summed E-state index contributed by atoms with van der Waals surface area (Å²) >= 11 is 0. The van der Waals surface area contributed by atoms with Crippen molar-refractivity contribution in [3.63, 3.8) is 0 Å². The largest absolute Gasteiger partial charge is 0.497 e. The molecule has 5 rings (SSSR count). The molecule has 0 saturated heterocycles. The molecule has 0 aliphatic rings. The molecule has 176 valence electrons. The van der Waals surface area contributed by atoms with Crippen LogP contribution in [0.4, 0.5) is 11.4 Å². The number of anilines is 2. The van der Waals surface area contributed by atoms with Crippen molar-refractivity contribution in [1.82, 2.24) is 0 Å². The number of nitrogens with one attached hydrogen (secondary N) is 2. The van der Waals surface area contributed by atoms with E-state index in [1.54, 1.807) is 75.1 Å². The van der Waals surface area contributed by atoms with Gasteiger partial charge in [-0.1, -0.05) is 12.1 Å². The number of hydrogen-bond acceptors (Lipinski definition) is 6. The van der Waals surface area contributed by atoms with Crippen molar-refractivity contribution in [3.8, 4) is 11.5 Å². The van der Waals surface area contributed by atoms with Gasteiger partial charge in [-0.05, 0) is 54.6 Å². The molecule has 0 atom stereocenters. The van der Waals surface area contributed by atoms with Crippen LogP contribution in [0.15, 0.2) is 81.8 Å². The molecule has 0 unspecified atom stereocenters. The van der Waals surface area contributed by atoms with Gasteiger partial charge in [-0.2, -0.15) is 0 Å². The van der Waals surface area contributed by atoms with E-state index in [-0.39, 0.29) is 18.1 Å². The molecule has 35 heavy (non-hydrogen) atoms. The Labute approximate surface area is 200 Å². The number of para-hydroxylation sites is 1. The van der Waals surface area contributed by atoms with Gasteiger partial charge in [0.25, 0.3) is 5.91 Å². The molecule has 5 aromatic rings. The summed E-state index contributed by atoms with van der Waals surface area (Å²) in [4.78, 5) is 26.1. The van der Waals surface area contributed by atoms with Crippen LogP contribution in [0.3, 0.4) is 0 Å². The second-order valence-electron chi connectivity index (χ2n) is 7.83. The highest BCUT2D eigenvalue weighted by Gasteiger charge is 2.23. The Hall–Kier alpha value is -4.72. The van der Waals surface area contributed by atoms with Gasteiger partial charge < -0.3 is 28.9 Å². The highest BCUT2D eigenvalue weighted by molar-refractivity contribution is 6.14. The first-order valence-electron chi connectivity index (χ1n) is 10.9. The molecule has 0 aliphatic carbocycles. The molecular weight excluding hydrogens is 448 g/mol. The van der Waals surface area contributed by atoms with Crippen molar-refractivity contribution >= 4 is 45.1 Å². The molecule has 3 aromatic carbocycles. The van der Waals surface area contributed by atoms with E-state index in [0.29, 0.717) is 45.0 Å². The molecule has 0 saturated carbocycles. The molecule has 0 radical (unpaired) electrons. The van der Waals surface area contributed by atoms with Gasteiger partial charge in [0.2, 0.25) is 11.7 Å². The first-order chi connectivity index (χ1) is 17.1. The molecule has 0 bridgehead atoms. The summed E-state index contributed by atoms with van der Waals surface area (Å²) in [6.45, 7) is 0. The van der Waals surface area contributed by atoms with E-state index < -0.39 is 5.91 Å². The van der Waals surface area contributed by atoms with E-state index in [4.69, 9.17) is 18.3 Å². The number of hydrogen-bond donors (Lipinski definition) is 2. The summed E-state index contributed by atoms with van der Waals surface area (Å²) in [6, 6.07) is 19.5. The molecule has 2 amide bonds. The number of benzene rings is 3. The fraction of sp³-hybridized carbons (Fsp3) is 0.111. The molecule has 8 nitrogen and oxygen atoms in total. The molecule has 8 heteroatoms.